The van der Waals surface area contributed by atoms with E-state index in [1.807, 2.05) is 42.5 Å². The Morgan fingerprint density at radius 2 is 1.50 bits per heavy atom. The van der Waals surface area contributed by atoms with Crippen LogP contribution in [0.3, 0.4) is 0 Å². The van der Waals surface area contributed by atoms with Crippen LogP contribution >= 0.6 is 0 Å². The maximum absolute atomic E-state index is 13.2. The molecule has 4 rings (SSSR count). The first-order valence-electron chi connectivity index (χ1n) is 11.1. The van der Waals surface area contributed by atoms with Crippen molar-refractivity contribution >= 4 is 23.0 Å². The lowest BCUT2D eigenvalue weighted by Gasteiger charge is -2.35. The largest absolute Gasteiger partial charge is 0.370 e. The van der Waals surface area contributed by atoms with Crippen LogP contribution in [0, 0.1) is 5.82 Å². The lowest BCUT2D eigenvalue weighted by molar-refractivity contribution is -0.117. The van der Waals surface area contributed by atoms with E-state index < -0.39 is 6.04 Å². The number of nitrogens with zero attached hydrogens (tertiary/aromatic N) is 2. The molecule has 0 bridgehead atoms. The Kier molecular flexibility index (Phi) is 7.02. The number of piperazine rings is 1. The van der Waals surface area contributed by atoms with Gasteiger partial charge in [0.05, 0.1) is 0 Å². The summed E-state index contributed by atoms with van der Waals surface area (Å²) in [5.74, 6) is -0.542. The molecule has 1 aliphatic rings. The monoisotopic (exact) mass is 432 g/mol. The van der Waals surface area contributed by atoms with Gasteiger partial charge >= 0.3 is 0 Å². The Labute approximate surface area is 188 Å². The van der Waals surface area contributed by atoms with Crippen LogP contribution in [0.4, 0.5) is 21.5 Å². The van der Waals surface area contributed by atoms with Crippen LogP contribution in [-0.4, -0.2) is 43.5 Å². The lowest BCUT2D eigenvalue weighted by atomic mass is 10.1. The zero-order chi connectivity index (χ0) is 22.3. The van der Waals surface area contributed by atoms with Crippen LogP contribution in [0.2, 0.25) is 0 Å². The second-order valence-corrected chi connectivity index (χ2v) is 7.95. The number of halogens is 1. The molecule has 1 heterocycles. The number of amides is 1. The summed E-state index contributed by atoms with van der Waals surface area (Å²) in [6, 6.07) is 23.0. The molecular weight excluding hydrogens is 403 g/mol. The summed E-state index contributed by atoms with van der Waals surface area (Å²) in [4.78, 5) is 17.9. The van der Waals surface area contributed by atoms with Crippen LogP contribution in [-0.2, 0) is 4.79 Å². The molecular formula is C26H29FN4O. The number of likely N-dealkylation sites (N-methyl/N-ethyl adjacent to an activating group) is 1. The molecule has 166 valence electrons. The highest BCUT2D eigenvalue weighted by atomic mass is 19.1. The van der Waals surface area contributed by atoms with E-state index in [9.17, 15) is 9.18 Å². The van der Waals surface area contributed by atoms with Gasteiger partial charge in [-0.2, -0.15) is 0 Å². The summed E-state index contributed by atoms with van der Waals surface area (Å²) in [5, 5.41) is 6.24. The van der Waals surface area contributed by atoms with E-state index in [-0.39, 0.29) is 11.7 Å². The maximum Gasteiger partial charge on any atom is 0.251 e. The first-order chi connectivity index (χ1) is 15.6. The predicted octanol–water partition coefficient (Wildman–Crippen LogP) is 4.76. The smallest absolute Gasteiger partial charge is 0.251 e. The van der Waals surface area contributed by atoms with E-state index >= 15 is 0 Å². The van der Waals surface area contributed by atoms with Crippen molar-refractivity contribution in [3.63, 3.8) is 0 Å². The molecule has 0 aliphatic carbocycles. The van der Waals surface area contributed by atoms with Gasteiger partial charge in [-0.3, -0.25) is 4.79 Å². The van der Waals surface area contributed by atoms with Gasteiger partial charge in [-0.05, 0) is 60.6 Å². The molecule has 1 aliphatic heterocycles. The average molecular weight is 433 g/mol. The molecule has 0 saturated carbocycles. The van der Waals surface area contributed by atoms with Crippen LogP contribution in [0.5, 0.6) is 0 Å². The summed E-state index contributed by atoms with van der Waals surface area (Å²) in [6.45, 7) is 7.50. The van der Waals surface area contributed by atoms with Crippen molar-refractivity contribution in [3.05, 3.63) is 90.2 Å². The first kappa shape index (κ1) is 21.8. The van der Waals surface area contributed by atoms with E-state index in [0.717, 1.165) is 44.0 Å². The van der Waals surface area contributed by atoms with Gasteiger partial charge in [0.1, 0.15) is 11.9 Å². The number of hydrogen-bond acceptors (Lipinski definition) is 4. The van der Waals surface area contributed by atoms with Gasteiger partial charge in [0, 0.05) is 43.2 Å². The third-order valence-electron chi connectivity index (χ3n) is 5.87. The molecule has 2 N–H and O–H groups in total. The van der Waals surface area contributed by atoms with E-state index in [4.69, 9.17) is 0 Å². The Bertz CT molecular complexity index is 1000. The van der Waals surface area contributed by atoms with Gasteiger partial charge in [0.25, 0.3) is 5.91 Å². The summed E-state index contributed by atoms with van der Waals surface area (Å²) >= 11 is 0. The van der Waals surface area contributed by atoms with Gasteiger partial charge in [-0.1, -0.05) is 37.3 Å². The molecule has 1 fully saturated rings. The number of nitrogens with one attached hydrogen (secondary N) is 2. The Morgan fingerprint density at radius 1 is 0.875 bits per heavy atom. The highest BCUT2D eigenvalue weighted by molar-refractivity contribution is 5.97. The van der Waals surface area contributed by atoms with Crippen molar-refractivity contribution in [3.8, 4) is 0 Å². The van der Waals surface area contributed by atoms with Crippen molar-refractivity contribution in [2.45, 2.75) is 13.0 Å². The van der Waals surface area contributed by atoms with Crippen LogP contribution in [0.25, 0.3) is 0 Å². The Hall–Kier alpha value is -3.38. The predicted molar refractivity (Wildman–Crippen MR) is 129 cm³/mol. The first-order valence-corrected chi connectivity index (χ1v) is 11.1. The average Bonchev–Trinajstić information content (AvgIpc) is 2.85. The van der Waals surface area contributed by atoms with Crippen LogP contribution < -0.4 is 15.5 Å². The molecule has 3 aromatic carbocycles. The van der Waals surface area contributed by atoms with Gasteiger partial charge in [-0.25, -0.2) is 4.39 Å². The number of carbonyl (C=O) groups is 1. The molecule has 3 aromatic rings. The van der Waals surface area contributed by atoms with Crippen molar-refractivity contribution < 1.29 is 9.18 Å². The molecule has 0 aromatic heterocycles. The summed E-state index contributed by atoms with van der Waals surface area (Å²) in [5.41, 5.74) is 3.47. The minimum Gasteiger partial charge on any atom is -0.370 e. The molecule has 1 atom stereocenters. The summed E-state index contributed by atoms with van der Waals surface area (Å²) in [7, 11) is 0. The fourth-order valence-electron chi connectivity index (χ4n) is 3.95. The second kappa shape index (κ2) is 10.3. The van der Waals surface area contributed by atoms with E-state index in [1.54, 1.807) is 12.1 Å². The molecule has 1 amide bonds. The highest BCUT2D eigenvalue weighted by Crippen LogP contribution is 2.25. The van der Waals surface area contributed by atoms with Crippen molar-refractivity contribution in [2.24, 2.45) is 0 Å². The second-order valence-electron chi connectivity index (χ2n) is 7.95. The third-order valence-corrected chi connectivity index (χ3v) is 5.87. The Morgan fingerprint density at radius 3 is 2.12 bits per heavy atom. The number of rotatable bonds is 7. The van der Waals surface area contributed by atoms with E-state index in [1.165, 1.54) is 17.8 Å². The number of carbonyl (C=O) groups excluding carboxylic acids is 1. The van der Waals surface area contributed by atoms with Gasteiger partial charge in [0.15, 0.2) is 0 Å². The summed E-state index contributed by atoms with van der Waals surface area (Å²) < 4.78 is 13.2. The maximum atomic E-state index is 13.2. The van der Waals surface area contributed by atoms with Gasteiger partial charge in [-0.15, -0.1) is 0 Å². The highest BCUT2D eigenvalue weighted by Gasteiger charge is 2.21. The van der Waals surface area contributed by atoms with Crippen molar-refractivity contribution in [2.75, 3.05) is 48.3 Å². The fraction of sp³-hybridized carbons (Fsp3) is 0.269. The molecule has 6 heteroatoms. The molecule has 0 spiro atoms. The summed E-state index contributed by atoms with van der Waals surface area (Å²) in [6.07, 6.45) is 0. The zero-order valence-electron chi connectivity index (χ0n) is 18.3. The van der Waals surface area contributed by atoms with Crippen LogP contribution in [0.1, 0.15) is 18.5 Å². The topological polar surface area (TPSA) is 47.6 Å². The fourth-order valence-corrected chi connectivity index (χ4v) is 3.95. The zero-order valence-corrected chi connectivity index (χ0v) is 18.3. The third kappa shape index (κ3) is 5.45. The SMILES string of the molecule is CCN1CCN(c2ccc(NC(C(=O)Nc3ccc(F)cc3)c3ccccc3)cc2)CC1. The molecule has 1 unspecified atom stereocenters. The molecule has 5 nitrogen and oxygen atoms in total. The molecule has 1 saturated heterocycles. The lowest BCUT2D eigenvalue weighted by Crippen LogP contribution is -2.46. The minimum atomic E-state index is -0.583. The Balaban J connectivity index is 1.47. The number of anilines is 3. The van der Waals surface area contributed by atoms with E-state index in [0.29, 0.717) is 5.69 Å². The van der Waals surface area contributed by atoms with Crippen LogP contribution in [0.15, 0.2) is 78.9 Å². The quantitative estimate of drug-likeness (QED) is 0.565. The van der Waals surface area contributed by atoms with Crippen molar-refractivity contribution in [1.29, 1.82) is 0 Å². The molecule has 32 heavy (non-hydrogen) atoms. The number of benzene rings is 3. The van der Waals surface area contributed by atoms with E-state index in [2.05, 4.69) is 39.5 Å². The molecule has 0 radical (unpaired) electrons. The van der Waals surface area contributed by atoms with Gasteiger partial charge < -0.3 is 20.4 Å². The minimum absolute atomic E-state index is 0.206. The number of hydrogen-bond donors (Lipinski definition) is 2. The van der Waals surface area contributed by atoms with Crippen molar-refractivity contribution in [1.82, 2.24) is 4.90 Å². The normalized spacial score (nSPS) is 15.2. The van der Waals surface area contributed by atoms with Gasteiger partial charge in [0.2, 0.25) is 0 Å². The standard InChI is InChI=1S/C26H29FN4O/c1-2-30-16-18-31(19-17-30)24-14-12-22(13-15-24)28-25(20-6-4-3-5-7-20)26(32)29-23-10-8-21(27)9-11-23/h3-15,25,28H,2,16-19H2,1H3,(H,29,32).